The Balaban J connectivity index is 0.00000208. The standard InChI is InChI=1S/C16H19F3N4.ClH/c1-11-9-23(7-6-20-11)10-13-8-21-22-15(13)12-2-4-14(5-3-12)16(17,18)19;/h2-5,8,11,20H,6-7,9-10H2,1H3,(H,21,22);1H/t11-;/m0./s1. The molecule has 0 bridgehead atoms. The number of hydrogen-bond acceptors (Lipinski definition) is 3. The maximum atomic E-state index is 12.7. The van der Waals surface area contributed by atoms with Crippen molar-refractivity contribution in [2.45, 2.75) is 25.7 Å². The summed E-state index contributed by atoms with van der Waals surface area (Å²) in [6.45, 7) is 5.70. The molecule has 24 heavy (non-hydrogen) atoms. The molecule has 1 saturated heterocycles. The second-order valence-corrected chi connectivity index (χ2v) is 5.94. The average molecular weight is 361 g/mol. The highest BCUT2D eigenvalue weighted by Crippen LogP contribution is 2.31. The number of benzene rings is 1. The van der Waals surface area contributed by atoms with Crippen molar-refractivity contribution in [3.8, 4) is 11.3 Å². The molecule has 1 aromatic carbocycles. The number of aromatic nitrogens is 2. The number of halogens is 4. The SMILES string of the molecule is C[C@H]1CN(Cc2cn[nH]c2-c2ccc(C(F)(F)F)cc2)CCN1.Cl. The normalized spacial score (nSPS) is 19.1. The van der Waals surface area contributed by atoms with Crippen molar-refractivity contribution in [2.75, 3.05) is 19.6 Å². The average Bonchev–Trinajstić information content (AvgIpc) is 2.94. The molecule has 4 nitrogen and oxygen atoms in total. The van der Waals surface area contributed by atoms with E-state index in [1.54, 1.807) is 6.20 Å². The molecule has 1 atom stereocenters. The van der Waals surface area contributed by atoms with E-state index in [0.717, 1.165) is 49.6 Å². The van der Waals surface area contributed by atoms with Crippen molar-refractivity contribution in [3.63, 3.8) is 0 Å². The van der Waals surface area contributed by atoms with E-state index in [0.29, 0.717) is 11.6 Å². The summed E-state index contributed by atoms with van der Waals surface area (Å²) in [5, 5.41) is 10.4. The van der Waals surface area contributed by atoms with Gasteiger partial charge in [0.15, 0.2) is 0 Å². The molecule has 0 amide bonds. The zero-order chi connectivity index (χ0) is 16.4. The highest BCUT2D eigenvalue weighted by atomic mass is 35.5. The Hall–Kier alpha value is -1.57. The third-order valence-electron chi connectivity index (χ3n) is 4.07. The molecule has 3 rings (SSSR count). The summed E-state index contributed by atoms with van der Waals surface area (Å²) in [6.07, 6.45) is -2.56. The van der Waals surface area contributed by atoms with Crippen LogP contribution < -0.4 is 5.32 Å². The van der Waals surface area contributed by atoms with E-state index in [2.05, 4.69) is 27.3 Å². The Labute approximate surface area is 144 Å². The molecule has 2 aromatic rings. The van der Waals surface area contributed by atoms with Gasteiger partial charge in [0, 0.05) is 37.8 Å². The van der Waals surface area contributed by atoms with Crippen LogP contribution in [0.2, 0.25) is 0 Å². The van der Waals surface area contributed by atoms with Gasteiger partial charge >= 0.3 is 6.18 Å². The first-order chi connectivity index (χ1) is 10.9. The van der Waals surface area contributed by atoms with Crippen LogP contribution in [0.4, 0.5) is 13.2 Å². The van der Waals surface area contributed by atoms with Gasteiger partial charge in [-0.15, -0.1) is 12.4 Å². The molecule has 0 saturated carbocycles. The van der Waals surface area contributed by atoms with Gasteiger partial charge in [0.05, 0.1) is 17.5 Å². The molecule has 1 aliphatic heterocycles. The van der Waals surface area contributed by atoms with Gasteiger partial charge in [-0.3, -0.25) is 10.00 Å². The summed E-state index contributed by atoms with van der Waals surface area (Å²) in [7, 11) is 0. The lowest BCUT2D eigenvalue weighted by Crippen LogP contribution is -2.48. The minimum Gasteiger partial charge on any atom is -0.312 e. The lowest BCUT2D eigenvalue weighted by molar-refractivity contribution is -0.137. The van der Waals surface area contributed by atoms with Gasteiger partial charge in [0.2, 0.25) is 0 Å². The fourth-order valence-electron chi connectivity index (χ4n) is 2.90. The van der Waals surface area contributed by atoms with Crippen LogP contribution in [0.3, 0.4) is 0 Å². The van der Waals surface area contributed by atoms with Gasteiger partial charge in [0.1, 0.15) is 0 Å². The van der Waals surface area contributed by atoms with Crippen LogP contribution in [0, 0.1) is 0 Å². The summed E-state index contributed by atoms with van der Waals surface area (Å²) >= 11 is 0. The zero-order valence-corrected chi connectivity index (χ0v) is 14.0. The first-order valence-corrected chi connectivity index (χ1v) is 7.59. The molecule has 1 aliphatic rings. The van der Waals surface area contributed by atoms with E-state index < -0.39 is 11.7 Å². The topological polar surface area (TPSA) is 44.0 Å². The lowest BCUT2D eigenvalue weighted by atomic mass is 10.1. The van der Waals surface area contributed by atoms with Crippen LogP contribution in [0.25, 0.3) is 11.3 Å². The maximum Gasteiger partial charge on any atom is 0.416 e. The number of H-pyrrole nitrogens is 1. The first kappa shape index (κ1) is 18.8. The molecule has 1 aromatic heterocycles. The molecule has 0 radical (unpaired) electrons. The van der Waals surface area contributed by atoms with Crippen LogP contribution in [0.1, 0.15) is 18.1 Å². The molecule has 0 spiro atoms. The molecule has 0 unspecified atom stereocenters. The van der Waals surface area contributed by atoms with Crippen LogP contribution in [-0.4, -0.2) is 40.8 Å². The number of rotatable bonds is 3. The second kappa shape index (κ2) is 7.55. The number of piperazine rings is 1. The van der Waals surface area contributed by atoms with Crippen LogP contribution >= 0.6 is 12.4 Å². The number of nitrogens with zero attached hydrogens (tertiary/aromatic N) is 2. The second-order valence-electron chi connectivity index (χ2n) is 5.94. The van der Waals surface area contributed by atoms with E-state index in [1.807, 2.05) is 0 Å². The third kappa shape index (κ3) is 4.28. The Morgan fingerprint density at radius 1 is 1.25 bits per heavy atom. The van der Waals surface area contributed by atoms with E-state index >= 15 is 0 Å². The highest BCUT2D eigenvalue weighted by Gasteiger charge is 2.30. The van der Waals surface area contributed by atoms with Gasteiger partial charge in [-0.05, 0) is 24.6 Å². The van der Waals surface area contributed by atoms with E-state index in [9.17, 15) is 13.2 Å². The summed E-state index contributed by atoms with van der Waals surface area (Å²) in [6, 6.07) is 5.62. The van der Waals surface area contributed by atoms with Gasteiger partial charge in [-0.1, -0.05) is 12.1 Å². The minimum atomic E-state index is -4.31. The Morgan fingerprint density at radius 3 is 2.58 bits per heavy atom. The lowest BCUT2D eigenvalue weighted by Gasteiger charge is -2.31. The fourth-order valence-corrected chi connectivity index (χ4v) is 2.90. The van der Waals surface area contributed by atoms with E-state index in [-0.39, 0.29) is 12.4 Å². The van der Waals surface area contributed by atoms with Crippen molar-refractivity contribution >= 4 is 12.4 Å². The molecule has 0 aliphatic carbocycles. The number of hydrogen-bond donors (Lipinski definition) is 2. The quantitative estimate of drug-likeness (QED) is 0.882. The van der Waals surface area contributed by atoms with Gasteiger partial charge in [-0.25, -0.2) is 0 Å². The smallest absolute Gasteiger partial charge is 0.312 e. The van der Waals surface area contributed by atoms with Crippen LogP contribution in [0.15, 0.2) is 30.5 Å². The third-order valence-corrected chi connectivity index (χ3v) is 4.07. The molecular weight excluding hydrogens is 341 g/mol. The van der Waals surface area contributed by atoms with E-state index in [4.69, 9.17) is 0 Å². The van der Waals surface area contributed by atoms with Crippen molar-refractivity contribution in [2.24, 2.45) is 0 Å². The van der Waals surface area contributed by atoms with Crippen LogP contribution in [-0.2, 0) is 12.7 Å². The number of nitrogens with one attached hydrogen (secondary N) is 2. The molecular formula is C16H20ClF3N4. The van der Waals surface area contributed by atoms with Crippen molar-refractivity contribution in [1.82, 2.24) is 20.4 Å². The molecule has 8 heteroatoms. The summed E-state index contributed by atoms with van der Waals surface area (Å²) in [4.78, 5) is 2.32. The largest absolute Gasteiger partial charge is 0.416 e. The maximum absolute atomic E-state index is 12.7. The van der Waals surface area contributed by atoms with Gasteiger partial charge in [-0.2, -0.15) is 18.3 Å². The highest BCUT2D eigenvalue weighted by molar-refractivity contribution is 5.85. The Bertz CT molecular complexity index is 654. The van der Waals surface area contributed by atoms with Gasteiger partial charge < -0.3 is 5.32 Å². The Kier molecular flexibility index (Phi) is 5.90. The Morgan fingerprint density at radius 2 is 1.96 bits per heavy atom. The van der Waals surface area contributed by atoms with Crippen molar-refractivity contribution in [3.05, 3.63) is 41.6 Å². The van der Waals surface area contributed by atoms with Crippen LogP contribution in [0.5, 0.6) is 0 Å². The number of aromatic amines is 1. The zero-order valence-electron chi connectivity index (χ0n) is 13.2. The first-order valence-electron chi connectivity index (χ1n) is 7.59. The number of alkyl halides is 3. The molecule has 2 N–H and O–H groups in total. The molecule has 2 heterocycles. The minimum absolute atomic E-state index is 0. The van der Waals surface area contributed by atoms with E-state index in [1.165, 1.54) is 12.1 Å². The monoisotopic (exact) mass is 360 g/mol. The summed E-state index contributed by atoms with van der Waals surface area (Å²) in [5.41, 5.74) is 1.86. The van der Waals surface area contributed by atoms with Gasteiger partial charge in [0.25, 0.3) is 0 Å². The summed E-state index contributed by atoms with van der Waals surface area (Å²) < 4.78 is 38.0. The summed E-state index contributed by atoms with van der Waals surface area (Å²) in [5.74, 6) is 0. The predicted molar refractivity (Wildman–Crippen MR) is 89.0 cm³/mol. The van der Waals surface area contributed by atoms with Crippen molar-refractivity contribution < 1.29 is 13.2 Å². The molecule has 1 fully saturated rings. The fraction of sp³-hybridized carbons (Fsp3) is 0.438. The molecule has 132 valence electrons. The predicted octanol–water partition coefficient (Wildman–Crippen LogP) is 3.31. The van der Waals surface area contributed by atoms with Crippen molar-refractivity contribution in [1.29, 1.82) is 0 Å².